The molecule has 70 valence electrons. The summed E-state index contributed by atoms with van der Waals surface area (Å²) in [6, 6.07) is 0. The fourth-order valence-electron chi connectivity index (χ4n) is 0.219. The average molecular weight is 193 g/mol. The first-order valence-corrected chi connectivity index (χ1v) is 2.15. The second-order valence-electron chi connectivity index (χ2n) is 1.27. The highest BCUT2D eigenvalue weighted by Crippen LogP contribution is 2.28. The van der Waals surface area contributed by atoms with Gasteiger partial charge in [0.05, 0.1) is 0 Å². The number of ether oxygens (including phenoxy) is 1. The van der Waals surface area contributed by atoms with Crippen molar-refractivity contribution in [3.05, 3.63) is 0 Å². The molecule has 0 aromatic rings. The van der Waals surface area contributed by atoms with E-state index >= 15 is 0 Å². The Morgan fingerprint density at radius 3 is 1.92 bits per heavy atom. The van der Waals surface area contributed by atoms with E-state index in [1.165, 1.54) is 0 Å². The summed E-state index contributed by atoms with van der Waals surface area (Å²) < 4.78 is 58.6. The van der Waals surface area contributed by atoms with Crippen molar-refractivity contribution >= 4 is 0 Å². The molecule has 0 aromatic carbocycles. The molecule has 0 radical (unpaired) electrons. The van der Waals surface area contributed by atoms with Crippen LogP contribution in [0.5, 0.6) is 0 Å². The summed E-state index contributed by atoms with van der Waals surface area (Å²) in [5, 5.41) is 7.46. The van der Waals surface area contributed by atoms with E-state index in [0.29, 0.717) is 6.26 Å². The molecule has 0 amide bonds. The van der Waals surface area contributed by atoms with Crippen molar-refractivity contribution in [1.82, 2.24) is 0 Å². The fourth-order valence-corrected chi connectivity index (χ4v) is 0.219. The Kier molecular flexibility index (Phi) is 3.17. The largest absolute Gasteiger partial charge is 0.529 e. The lowest BCUT2D eigenvalue weighted by Gasteiger charge is -2.13. The van der Waals surface area contributed by atoms with E-state index in [1.54, 1.807) is 0 Å². The molecular weight excluding hydrogens is 193 g/mol. The van der Waals surface area contributed by atoms with Crippen LogP contribution in [0.4, 0.5) is 22.0 Å². The number of hydrogen-bond acceptors (Lipinski definition) is 4. The van der Waals surface area contributed by atoms with Crippen LogP contribution in [-0.2, 0) is 14.5 Å². The fraction of sp³-hybridized carbons (Fsp3) is 0.667. The minimum Gasteiger partial charge on any atom is -0.246 e. The van der Waals surface area contributed by atoms with Gasteiger partial charge in [-0.15, -0.1) is 27.2 Å². The van der Waals surface area contributed by atoms with Gasteiger partial charge in [-0.2, -0.15) is 4.74 Å². The number of alkyl halides is 5. The summed E-state index contributed by atoms with van der Waals surface area (Å²) >= 11 is 0. The molecule has 0 saturated heterocycles. The Bertz CT molecular complexity index is 183. The molecule has 0 aliphatic heterocycles. The highest BCUT2D eigenvalue weighted by molar-refractivity contribution is 4.40. The maximum atomic E-state index is 11.7. The zero-order valence-electron chi connectivity index (χ0n) is 5.06. The zero-order valence-corrected chi connectivity index (χ0v) is 5.06. The van der Waals surface area contributed by atoms with Crippen molar-refractivity contribution in [2.45, 2.75) is 12.7 Å². The number of nitrogens with zero attached hydrogens (tertiary/aromatic N) is 1. The molecule has 0 aliphatic carbocycles. The predicted octanol–water partition coefficient (Wildman–Crippen LogP) is 1.50. The first-order chi connectivity index (χ1) is 5.27. The molecule has 0 unspecified atom stereocenters. The van der Waals surface area contributed by atoms with Gasteiger partial charge < -0.3 is 0 Å². The monoisotopic (exact) mass is 193 g/mol. The van der Waals surface area contributed by atoms with Crippen LogP contribution in [0.3, 0.4) is 0 Å². The number of nitriles is 1. The molecule has 12 heavy (non-hydrogen) atoms. The lowest BCUT2D eigenvalue weighted by Crippen LogP contribution is -2.32. The Morgan fingerprint density at radius 1 is 1.08 bits per heavy atom. The molecule has 0 heterocycles. The molecular formula is C3F5NO3. The summed E-state index contributed by atoms with van der Waals surface area (Å²) in [5.41, 5.74) is 0. The molecule has 0 aromatic heterocycles. The van der Waals surface area contributed by atoms with E-state index in [2.05, 4.69) is 14.5 Å². The molecule has 0 N–H and O–H groups in total. The minimum absolute atomic E-state index is 0.560. The standard InChI is InChI=1S/C3F5NO3/c4-2(5,6)11-3(7,8)12-10-1-9. The smallest absolute Gasteiger partial charge is 0.246 e. The Morgan fingerprint density at radius 2 is 1.58 bits per heavy atom. The van der Waals surface area contributed by atoms with Gasteiger partial charge in [-0.1, -0.05) is 4.89 Å². The maximum Gasteiger partial charge on any atom is 0.529 e. The van der Waals surface area contributed by atoms with Gasteiger partial charge >= 0.3 is 18.9 Å². The van der Waals surface area contributed by atoms with Crippen LogP contribution in [0, 0.1) is 11.5 Å². The van der Waals surface area contributed by atoms with Gasteiger partial charge in [-0.05, 0) is 0 Å². The molecule has 0 bridgehead atoms. The number of hydrogen-bond donors (Lipinski definition) is 0. The Balaban J connectivity index is 3.97. The topological polar surface area (TPSA) is 51.5 Å². The van der Waals surface area contributed by atoms with Crippen molar-refractivity contribution in [1.29, 1.82) is 5.26 Å². The van der Waals surface area contributed by atoms with Gasteiger partial charge in [0, 0.05) is 0 Å². The van der Waals surface area contributed by atoms with Crippen LogP contribution in [0.25, 0.3) is 0 Å². The summed E-state index contributed by atoms with van der Waals surface area (Å²) in [4.78, 5) is 5.49. The average Bonchev–Trinajstić information content (AvgIpc) is 1.78. The maximum absolute atomic E-state index is 11.7. The lowest BCUT2D eigenvalue weighted by atomic mass is 11.2. The van der Waals surface area contributed by atoms with Crippen LogP contribution in [-0.4, -0.2) is 12.7 Å². The van der Waals surface area contributed by atoms with E-state index in [-0.39, 0.29) is 0 Å². The summed E-state index contributed by atoms with van der Waals surface area (Å²) in [5.74, 6) is 0. The van der Waals surface area contributed by atoms with Crippen molar-refractivity contribution < 1.29 is 36.5 Å². The van der Waals surface area contributed by atoms with Gasteiger partial charge in [-0.3, -0.25) is 0 Å². The van der Waals surface area contributed by atoms with Crippen LogP contribution in [0.2, 0.25) is 0 Å². The lowest BCUT2D eigenvalue weighted by molar-refractivity contribution is -0.558. The van der Waals surface area contributed by atoms with Crippen LogP contribution < -0.4 is 0 Å². The SMILES string of the molecule is N#COOC(F)(F)OC(F)(F)F. The molecule has 0 rings (SSSR count). The zero-order chi connectivity index (χ0) is 9.83. The highest BCUT2D eigenvalue weighted by atomic mass is 19.4. The van der Waals surface area contributed by atoms with Crippen molar-refractivity contribution in [3.8, 4) is 6.26 Å². The highest BCUT2D eigenvalue weighted by Gasteiger charge is 2.48. The van der Waals surface area contributed by atoms with Crippen molar-refractivity contribution in [3.63, 3.8) is 0 Å². The third-order valence-corrected chi connectivity index (χ3v) is 0.410. The van der Waals surface area contributed by atoms with Crippen LogP contribution in [0.15, 0.2) is 0 Å². The van der Waals surface area contributed by atoms with Gasteiger partial charge in [0.2, 0.25) is 0 Å². The van der Waals surface area contributed by atoms with E-state index in [4.69, 9.17) is 5.26 Å². The van der Waals surface area contributed by atoms with E-state index in [9.17, 15) is 22.0 Å². The molecule has 0 atom stereocenters. The second-order valence-corrected chi connectivity index (χ2v) is 1.27. The number of rotatable bonds is 3. The molecule has 0 aliphatic rings. The quantitative estimate of drug-likeness (QED) is 0.224. The van der Waals surface area contributed by atoms with Gasteiger partial charge in [0.1, 0.15) is 0 Å². The minimum atomic E-state index is -5.58. The van der Waals surface area contributed by atoms with Gasteiger partial charge in [0.25, 0.3) is 0 Å². The molecule has 0 spiro atoms. The molecule has 0 saturated carbocycles. The van der Waals surface area contributed by atoms with Gasteiger partial charge in [-0.25, -0.2) is 4.89 Å². The van der Waals surface area contributed by atoms with Crippen molar-refractivity contribution in [2.24, 2.45) is 0 Å². The third kappa shape index (κ3) is 5.63. The van der Waals surface area contributed by atoms with Crippen molar-refractivity contribution in [2.75, 3.05) is 0 Å². The Labute approximate surface area is 62.0 Å². The molecule has 4 nitrogen and oxygen atoms in total. The third-order valence-electron chi connectivity index (χ3n) is 0.410. The predicted molar refractivity (Wildman–Crippen MR) is 19.9 cm³/mol. The van der Waals surface area contributed by atoms with Crippen LogP contribution >= 0.6 is 0 Å². The summed E-state index contributed by atoms with van der Waals surface area (Å²) in [7, 11) is 0. The number of halogens is 5. The normalized spacial score (nSPS) is 12.3. The van der Waals surface area contributed by atoms with Crippen LogP contribution in [0.1, 0.15) is 0 Å². The molecule has 9 heteroatoms. The first-order valence-electron chi connectivity index (χ1n) is 2.15. The Hall–Kier alpha value is -1.14. The second kappa shape index (κ2) is 3.51. The summed E-state index contributed by atoms with van der Waals surface area (Å²) in [6.45, 7) is 0. The molecule has 0 fully saturated rings. The van der Waals surface area contributed by atoms with E-state index in [1.807, 2.05) is 0 Å². The summed E-state index contributed by atoms with van der Waals surface area (Å²) in [6.07, 6.45) is -10.1. The first kappa shape index (κ1) is 10.9. The van der Waals surface area contributed by atoms with E-state index in [0.717, 1.165) is 0 Å². The van der Waals surface area contributed by atoms with Gasteiger partial charge in [0.15, 0.2) is 0 Å². The van der Waals surface area contributed by atoms with E-state index < -0.39 is 12.7 Å².